The molecule has 302 valence electrons. The van der Waals surface area contributed by atoms with Gasteiger partial charge in [-0.05, 0) is 67.2 Å². The van der Waals surface area contributed by atoms with Crippen molar-refractivity contribution >= 4 is 62.3 Å². The maximum atomic E-state index is 16.2. The number of nitrogen functional groups attached to an aromatic ring is 1. The molecular formula is C43H53F2N7O3SSi. The van der Waals surface area contributed by atoms with Crippen molar-refractivity contribution in [3.63, 3.8) is 0 Å². The minimum absolute atomic E-state index is 0.190. The highest BCUT2D eigenvalue weighted by Gasteiger charge is 2.49. The molecule has 0 unspecified atom stereocenters. The first-order chi connectivity index (χ1) is 27.1. The predicted molar refractivity (Wildman–Crippen MR) is 228 cm³/mol. The van der Waals surface area contributed by atoms with Crippen molar-refractivity contribution < 1.29 is 23.4 Å². The lowest BCUT2D eigenvalue weighted by Crippen LogP contribution is -2.43. The van der Waals surface area contributed by atoms with Gasteiger partial charge in [-0.2, -0.15) is 9.97 Å². The number of nitrogens with two attached hydrogens (primary N) is 1. The summed E-state index contributed by atoms with van der Waals surface area (Å²) in [6.45, 7) is 18.1. The molecule has 3 N–H and O–H groups in total. The van der Waals surface area contributed by atoms with Crippen molar-refractivity contribution in [3.8, 4) is 28.7 Å². The summed E-state index contributed by atoms with van der Waals surface area (Å²) >= 11 is 1.44. The van der Waals surface area contributed by atoms with Gasteiger partial charge in [0.15, 0.2) is 0 Å². The highest BCUT2D eigenvalue weighted by Crippen LogP contribution is 2.46. The topological polar surface area (TPSA) is 123 Å². The molecule has 57 heavy (non-hydrogen) atoms. The Labute approximate surface area is 338 Å². The third-order valence-corrected chi connectivity index (χ3v) is 20.1. The fourth-order valence-corrected chi connectivity index (χ4v) is 16.5. The monoisotopic (exact) mass is 813 g/mol. The maximum Gasteiger partial charge on any atom is 0.319 e. The molecule has 3 aliphatic rings. The molecule has 0 amide bonds. The Kier molecular flexibility index (Phi) is 10.5. The first-order valence-corrected chi connectivity index (χ1v) is 23.3. The van der Waals surface area contributed by atoms with Crippen LogP contribution in [0.25, 0.3) is 42.5 Å². The van der Waals surface area contributed by atoms with Gasteiger partial charge in [0.05, 0.1) is 52.2 Å². The fraction of sp³-hybridized carbons (Fsp3) is 0.535. The van der Waals surface area contributed by atoms with E-state index in [2.05, 4.69) is 62.9 Å². The van der Waals surface area contributed by atoms with Crippen LogP contribution in [0.2, 0.25) is 16.6 Å². The van der Waals surface area contributed by atoms with Crippen LogP contribution in [-0.2, 0) is 4.74 Å². The number of pyridine rings is 2. The molecule has 0 aliphatic carbocycles. The van der Waals surface area contributed by atoms with Crippen LogP contribution in [-0.4, -0.2) is 101 Å². The highest BCUT2D eigenvalue weighted by atomic mass is 32.1. The van der Waals surface area contributed by atoms with Gasteiger partial charge in [0.25, 0.3) is 0 Å². The lowest BCUT2D eigenvalue weighted by Gasteiger charge is -2.38. The number of anilines is 2. The van der Waals surface area contributed by atoms with Gasteiger partial charge < -0.3 is 25.2 Å². The van der Waals surface area contributed by atoms with Crippen molar-refractivity contribution in [3.05, 3.63) is 41.8 Å². The average molecular weight is 814 g/mol. The van der Waals surface area contributed by atoms with E-state index in [1.54, 1.807) is 25.3 Å². The van der Waals surface area contributed by atoms with Gasteiger partial charge >= 0.3 is 6.01 Å². The second kappa shape index (κ2) is 15.0. The second-order valence-electron chi connectivity index (χ2n) is 17.5. The van der Waals surface area contributed by atoms with Crippen molar-refractivity contribution in [1.82, 2.24) is 24.8 Å². The van der Waals surface area contributed by atoms with E-state index < -0.39 is 25.7 Å². The zero-order valence-corrected chi connectivity index (χ0v) is 35.8. The molecule has 3 saturated heterocycles. The van der Waals surface area contributed by atoms with E-state index in [1.165, 1.54) is 17.4 Å². The predicted octanol–water partition coefficient (Wildman–Crippen LogP) is 8.29. The third-order valence-electron chi connectivity index (χ3n) is 12.7. The van der Waals surface area contributed by atoms with Gasteiger partial charge in [-0.3, -0.25) is 9.88 Å². The van der Waals surface area contributed by atoms with E-state index in [9.17, 15) is 9.50 Å². The smallest absolute Gasteiger partial charge is 0.319 e. The van der Waals surface area contributed by atoms with Crippen molar-refractivity contribution in [2.24, 2.45) is 0 Å². The quantitative estimate of drug-likeness (QED) is 0.117. The number of aromatic nitrogens is 4. The number of ether oxygens (including phenoxy) is 2. The number of fused-ring (bicyclic) bond motifs is 5. The normalized spacial score (nSPS) is 23.2. The number of thiophene rings is 1. The van der Waals surface area contributed by atoms with Crippen LogP contribution in [0.1, 0.15) is 73.3 Å². The first kappa shape index (κ1) is 39.8. The molecule has 7 heterocycles. The Hall–Kier alpha value is -4.00. The second-order valence-corrected chi connectivity index (χ2v) is 24.1. The molecule has 3 atom stereocenters. The van der Waals surface area contributed by atoms with Gasteiger partial charge in [0.1, 0.15) is 48.7 Å². The molecule has 4 aromatic heterocycles. The highest BCUT2D eigenvalue weighted by molar-refractivity contribution is 7.26. The fourth-order valence-electron chi connectivity index (χ4n) is 10.1. The van der Waals surface area contributed by atoms with Crippen molar-refractivity contribution in [2.45, 2.75) is 102 Å². The number of nitrogens with zero attached hydrogens (tertiary/aromatic N) is 6. The minimum Gasteiger partial charge on any atom is -0.461 e. The number of benzene rings is 1. The van der Waals surface area contributed by atoms with Gasteiger partial charge in [0, 0.05) is 42.0 Å². The van der Waals surface area contributed by atoms with Crippen LogP contribution < -0.4 is 15.4 Å². The summed E-state index contributed by atoms with van der Waals surface area (Å²) in [5.41, 5.74) is 11.8. The number of halogens is 2. The van der Waals surface area contributed by atoms with Crippen LogP contribution >= 0.6 is 11.3 Å². The van der Waals surface area contributed by atoms with Gasteiger partial charge in [-0.25, -0.2) is 13.8 Å². The van der Waals surface area contributed by atoms with Crippen LogP contribution in [0, 0.1) is 17.3 Å². The Balaban J connectivity index is 1.33. The number of hydrogen-bond acceptors (Lipinski definition) is 11. The minimum atomic E-state index is -2.23. The van der Waals surface area contributed by atoms with Gasteiger partial charge in [-0.1, -0.05) is 47.5 Å². The third kappa shape index (κ3) is 7.03. The standard InChI is InChI=1S/C43H53F2N7O3SSi/c1-25(2)57(26(3)4,27(5)6)18-12-29-32(45)9-10-33-35(29)31(19-34(46)48-33)37-38-30(11-14-47-37)36-39(51-16-17-54-23-42(7,53)22-51)49-41(50-40(36)56-38)55-24-43-13-8-15-52(43)21-28(44)20-43/h9-11,14,19,25-28,53H,8,13,15-17,20-24H2,1-7H3,(H2,46,48)/t28-,42+,43+/m1/s1. The molecule has 1 aromatic carbocycles. The lowest BCUT2D eigenvalue weighted by molar-refractivity contribution is -0.0123. The molecule has 5 aromatic rings. The molecule has 8 rings (SSSR count). The Morgan fingerprint density at radius 1 is 1.09 bits per heavy atom. The average Bonchev–Trinajstić information content (AvgIpc) is 3.77. The molecule has 0 radical (unpaired) electrons. The van der Waals surface area contributed by atoms with E-state index >= 15 is 4.39 Å². The maximum absolute atomic E-state index is 16.2. The summed E-state index contributed by atoms with van der Waals surface area (Å²) in [7, 11) is -2.23. The zero-order chi connectivity index (χ0) is 40.4. The van der Waals surface area contributed by atoms with Crippen LogP contribution in [0.5, 0.6) is 6.01 Å². The molecule has 0 spiro atoms. The molecule has 0 saturated carbocycles. The van der Waals surface area contributed by atoms with Gasteiger partial charge in [-0.15, -0.1) is 16.9 Å². The summed E-state index contributed by atoms with van der Waals surface area (Å²) in [4.78, 5) is 24.5. The van der Waals surface area contributed by atoms with E-state index in [-0.39, 0.29) is 37.1 Å². The number of hydrogen-bond donors (Lipinski definition) is 2. The van der Waals surface area contributed by atoms with Crippen molar-refractivity contribution in [2.75, 3.05) is 56.6 Å². The Morgan fingerprint density at radius 3 is 2.61 bits per heavy atom. The summed E-state index contributed by atoms with van der Waals surface area (Å²) in [5.74, 6) is 3.86. The SMILES string of the molecule is CC(C)[Si](C#Cc1c(F)ccc2nc(N)cc(-c3nccc4c3sc3nc(OC[C@@]56CCCN5C[C@H](F)C6)nc(N5CCOC[C@@](C)(O)C5)c34)c12)(C(C)C)C(C)C. The van der Waals surface area contributed by atoms with Gasteiger partial charge in [0.2, 0.25) is 0 Å². The number of rotatable bonds is 8. The van der Waals surface area contributed by atoms with Crippen molar-refractivity contribution in [1.29, 1.82) is 0 Å². The number of alkyl halides is 1. The largest absolute Gasteiger partial charge is 0.461 e. The molecule has 3 aliphatic heterocycles. The molecule has 3 fully saturated rings. The van der Waals surface area contributed by atoms with E-state index in [4.69, 9.17) is 30.2 Å². The number of aliphatic hydroxyl groups is 1. The lowest BCUT2D eigenvalue weighted by atomic mass is 9.95. The molecule has 10 nitrogen and oxygen atoms in total. The molecule has 14 heteroatoms. The summed E-state index contributed by atoms with van der Waals surface area (Å²) in [5, 5.41) is 13.5. The van der Waals surface area contributed by atoms with E-state index in [0.29, 0.717) is 81.1 Å². The Bertz CT molecular complexity index is 2390. The van der Waals surface area contributed by atoms with Crippen LogP contribution in [0.15, 0.2) is 30.5 Å². The molecule has 0 bridgehead atoms. The zero-order valence-electron chi connectivity index (χ0n) is 34.0. The number of β-amino-alcohol motifs (C(OH)–C–C–N with tert-alkyl or cyclic N) is 1. The van der Waals surface area contributed by atoms with E-state index in [0.717, 1.165) is 34.9 Å². The summed E-state index contributed by atoms with van der Waals surface area (Å²) in [6, 6.07) is 6.97. The first-order valence-electron chi connectivity index (χ1n) is 20.2. The summed E-state index contributed by atoms with van der Waals surface area (Å²) < 4.78 is 43.9. The molecular weight excluding hydrogens is 761 g/mol. The van der Waals surface area contributed by atoms with Crippen LogP contribution in [0.3, 0.4) is 0 Å². The Morgan fingerprint density at radius 2 is 1.86 bits per heavy atom. The van der Waals surface area contributed by atoms with E-state index in [1.807, 2.05) is 11.0 Å². The summed E-state index contributed by atoms with van der Waals surface area (Å²) in [6.07, 6.45) is 3.14. The van der Waals surface area contributed by atoms with Crippen LogP contribution in [0.4, 0.5) is 20.4 Å².